The van der Waals surface area contributed by atoms with Crippen molar-refractivity contribution in [3.05, 3.63) is 0 Å². The Morgan fingerprint density at radius 3 is 0.814 bits per heavy atom. The van der Waals surface area contributed by atoms with E-state index in [2.05, 4.69) is 27.7 Å². The van der Waals surface area contributed by atoms with Crippen molar-refractivity contribution in [1.82, 2.24) is 0 Å². The second-order valence-corrected chi connectivity index (χ2v) is 14.0. The van der Waals surface area contributed by atoms with Gasteiger partial charge in [0.1, 0.15) is 0 Å². The fraction of sp³-hybridized carbons (Fsp3) is 1.00. The van der Waals surface area contributed by atoms with Crippen molar-refractivity contribution in [3.8, 4) is 0 Å². The van der Waals surface area contributed by atoms with E-state index in [9.17, 15) is 0 Å². The molecule has 43 heavy (non-hydrogen) atoms. The zero-order chi connectivity index (χ0) is 31.6. The van der Waals surface area contributed by atoms with Gasteiger partial charge in [-0.05, 0) is 37.5 Å². The summed E-state index contributed by atoms with van der Waals surface area (Å²) in [4.78, 5) is 21.6. The van der Waals surface area contributed by atoms with Crippen molar-refractivity contribution < 1.29 is 24.0 Å². The molecule has 258 valence electrons. The standard InChI is InChI=1S/C36H74O.Na.H3O4P.H/c1-5-9-13-17-21-25-29-35(30-26-22-18-14-10-6-2)33-37-34-36(31-27-23-19-15-11-7-3)32-28-24-20-16-12-8-4;;1-5(2,3)4;/h35-36H,5-34H2,1-4H3;;(H3,1,2,3,4);. The third-order valence-corrected chi connectivity index (χ3v) is 8.57. The molecule has 0 atom stereocenters. The molecule has 0 saturated heterocycles. The van der Waals surface area contributed by atoms with Gasteiger partial charge in [0.25, 0.3) is 0 Å². The van der Waals surface area contributed by atoms with Gasteiger partial charge in [-0.15, -0.1) is 0 Å². The molecule has 0 bridgehead atoms. The van der Waals surface area contributed by atoms with Crippen LogP contribution < -0.4 is 0 Å². The predicted octanol–water partition coefficient (Wildman–Crippen LogP) is 11.7. The van der Waals surface area contributed by atoms with Crippen LogP contribution in [0.25, 0.3) is 0 Å². The molecular formula is C36H78NaO5P. The Balaban J connectivity index is -0.00000244. The summed E-state index contributed by atoms with van der Waals surface area (Å²) in [5.74, 6) is 1.61. The molecule has 3 N–H and O–H groups in total. The number of phosphoric acid groups is 1. The molecule has 0 saturated carbocycles. The Morgan fingerprint density at radius 1 is 0.419 bits per heavy atom. The number of hydrogen-bond acceptors (Lipinski definition) is 2. The summed E-state index contributed by atoms with van der Waals surface area (Å²) in [5, 5.41) is 0. The van der Waals surface area contributed by atoms with Gasteiger partial charge in [-0.3, -0.25) is 0 Å². The molecule has 0 unspecified atom stereocenters. The third-order valence-electron chi connectivity index (χ3n) is 8.57. The average Bonchev–Trinajstić information content (AvgIpc) is 2.94. The molecule has 0 aliphatic carbocycles. The minimum absolute atomic E-state index is 0. The SMILES string of the molecule is CCCCCCCCC(CCCCCCCC)COCC(CCCCCCCC)CCCCCCCC.O=P(O)(O)O.[NaH]. The van der Waals surface area contributed by atoms with E-state index in [1.165, 1.54) is 180 Å². The summed E-state index contributed by atoms with van der Waals surface area (Å²) in [6.45, 7) is 11.3. The molecule has 0 spiro atoms. The van der Waals surface area contributed by atoms with E-state index in [4.69, 9.17) is 24.0 Å². The molecular weight excluding hydrogens is 566 g/mol. The first-order valence-electron chi connectivity index (χ1n) is 18.6. The average molecular weight is 645 g/mol. The van der Waals surface area contributed by atoms with E-state index < -0.39 is 7.82 Å². The number of hydrogen-bond donors (Lipinski definition) is 3. The van der Waals surface area contributed by atoms with Crippen LogP contribution in [0.15, 0.2) is 0 Å². The van der Waals surface area contributed by atoms with Crippen LogP contribution in [0.4, 0.5) is 0 Å². The van der Waals surface area contributed by atoms with Gasteiger partial charge in [0.15, 0.2) is 0 Å². The van der Waals surface area contributed by atoms with Crippen molar-refractivity contribution >= 4 is 37.4 Å². The fourth-order valence-electron chi connectivity index (χ4n) is 5.88. The van der Waals surface area contributed by atoms with Crippen molar-refractivity contribution in [1.29, 1.82) is 0 Å². The molecule has 5 nitrogen and oxygen atoms in total. The second kappa shape index (κ2) is 39.2. The maximum absolute atomic E-state index is 8.88. The summed E-state index contributed by atoms with van der Waals surface area (Å²) in [5.41, 5.74) is 0. The van der Waals surface area contributed by atoms with Crippen molar-refractivity contribution in [2.75, 3.05) is 13.2 Å². The monoisotopic (exact) mass is 645 g/mol. The summed E-state index contributed by atoms with van der Waals surface area (Å²) >= 11 is 0. The quantitative estimate of drug-likeness (QED) is 0.0385. The van der Waals surface area contributed by atoms with E-state index in [-0.39, 0.29) is 29.6 Å². The van der Waals surface area contributed by atoms with Crippen LogP contribution in [-0.4, -0.2) is 57.5 Å². The summed E-state index contributed by atoms with van der Waals surface area (Å²) < 4.78 is 15.4. The third kappa shape index (κ3) is 47.6. The van der Waals surface area contributed by atoms with Crippen LogP contribution in [0, 0.1) is 11.8 Å². The van der Waals surface area contributed by atoms with Gasteiger partial charge in [0.2, 0.25) is 0 Å². The van der Waals surface area contributed by atoms with Crippen molar-refractivity contribution in [2.24, 2.45) is 11.8 Å². The maximum atomic E-state index is 8.88. The van der Waals surface area contributed by atoms with Gasteiger partial charge in [0, 0.05) is 13.2 Å². The zero-order valence-electron chi connectivity index (χ0n) is 29.0. The zero-order valence-corrected chi connectivity index (χ0v) is 29.9. The first-order valence-corrected chi connectivity index (χ1v) is 20.2. The Hall–Kier alpha value is 1.07. The summed E-state index contributed by atoms with van der Waals surface area (Å²) in [7, 11) is -4.64. The van der Waals surface area contributed by atoms with Crippen LogP contribution >= 0.6 is 7.82 Å². The molecule has 0 amide bonds. The van der Waals surface area contributed by atoms with Crippen molar-refractivity contribution in [3.63, 3.8) is 0 Å². The van der Waals surface area contributed by atoms with Gasteiger partial charge in [-0.2, -0.15) is 0 Å². The van der Waals surface area contributed by atoms with E-state index in [1.807, 2.05) is 0 Å². The molecule has 0 radical (unpaired) electrons. The van der Waals surface area contributed by atoms with E-state index in [0.717, 1.165) is 25.0 Å². The molecule has 0 aliphatic heterocycles. The van der Waals surface area contributed by atoms with E-state index in [0.29, 0.717) is 0 Å². The van der Waals surface area contributed by atoms with Gasteiger partial charge in [-0.1, -0.05) is 182 Å². The normalized spacial score (nSPS) is 11.6. The number of rotatable bonds is 32. The van der Waals surface area contributed by atoms with E-state index >= 15 is 0 Å². The van der Waals surface area contributed by atoms with Crippen LogP contribution in [0.3, 0.4) is 0 Å². The fourth-order valence-corrected chi connectivity index (χ4v) is 5.88. The molecule has 0 aromatic rings. The van der Waals surface area contributed by atoms with Crippen LogP contribution in [0.5, 0.6) is 0 Å². The first kappa shape index (κ1) is 48.5. The predicted molar refractivity (Wildman–Crippen MR) is 191 cm³/mol. The first-order chi connectivity index (χ1) is 20.3. The molecule has 0 heterocycles. The molecule has 0 aromatic carbocycles. The van der Waals surface area contributed by atoms with Crippen molar-refractivity contribution in [2.45, 2.75) is 207 Å². The van der Waals surface area contributed by atoms with Gasteiger partial charge >= 0.3 is 37.4 Å². The van der Waals surface area contributed by atoms with Gasteiger partial charge in [-0.25, -0.2) is 4.57 Å². The topological polar surface area (TPSA) is 87.0 Å². The summed E-state index contributed by atoms with van der Waals surface area (Å²) in [6.07, 6.45) is 39.7. The van der Waals surface area contributed by atoms with Crippen LogP contribution in [-0.2, 0) is 9.30 Å². The van der Waals surface area contributed by atoms with E-state index in [1.54, 1.807) is 0 Å². The molecule has 0 rings (SSSR count). The Labute approximate surface area is 292 Å². The molecule has 0 fully saturated rings. The Bertz CT molecular complexity index is 469. The number of unbranched alkanes of at least 4 members (excludes halogenated alkanes) is 20. The molecule has 0 aliphatic rings. The van der Waals surface area contributed by atoms with Crippen LogP contribution in [0.1, 0.15) is 207 Å². The molecule has 0 aromatic heterocycles. The van der Waals surface area contributed by atoms with Gasteiger partial charge in [0.05, 0.1) is 0 Å². The number of ether oxygens (including phenoxy) is 1. The Morgan fingerprint density at radius 2 is 0.605 bits per heavy atom. The van der Waals surface area contributed by atoms with Crippen LogP contribution in [0.2, 0.25) is 0 Å². The minimum atomic E-state index is -4.64. The second-order valence-electron chi connectivity index (χ2n) is 13.0. The van der Waals surface area contributed by atoms with Gasteiger partial charge < -0.3 is 19.4 Å². The summed E-state index contributed by atoms with van der Waals surface area (Å²) in [6, 6.07) is 0. The Kier molecular flexibility index (Phi) is 44.2. The molecule has 7 heteroatoms.